The van der Waals surface area contributed by atoms with E-state index in [1.54, 1.807) is 17.8 Å². The van der Waals surface area contributed by atoms with Gasteiger partial charge in [0.1, 0.15) is 6.61 Å². The molecule has 164 valence electrons. The Balaban J connectivity index is 1.50. The van der Waals surface area contributed by atoms with E-state index in [-0.39, 0.29) is 18.6 Å². The number of aromatic nitrogens is 2. The van der Waals surface area contributed by atoms with E-state index in [0.29, 0.717) is 35.7 Å². The second kappa shape index (κ2) is 9.82. The van der Waals surface area contributed by atoms with E-state index in [9.17, 15) is 22.4 Å². The lowest BCUT2D eigenvalue weighted by atomic mass is 10.1. The van der Waals surface area contributed by atoms with Crippen LogP contribution in [0.2, 0.25) is 5.02 Å². The largest absolute Gasteiger partial charge is 0.483 e. The highest BCUT2D eigenvalue weighted by atomic mass is 35.5. The number of aryl methyl sites for hydroxylation is 2. The summed E-state index contributed by atoms with van der Waals surface area (Å²) in [7, 11) is 0. The van der Waals surface area contributed by atoms with Crippen LogP contribution in [0.1, 0.15) is 28.0 Å². The van der Waals surface area contributed by atoms with Gasteiger partial charge in [0.05, 0.1) is 10.7 Å². The van der Waals surface area contributed by atoms with Crippen LogP contribution in [0.4, 0.5) is 17.6 Å². The van der Waals surface area contributed by atoms with Crippen LogP contribution in [0.25, 0.3) is 0 Å². The number of benzene rings is 2. The van der Waals surface area contributed by atoms with Crippen molar-refractivity contribution in [3.05, 3.63) is 81.6 Å². The van der Waals surface area contributed by atoms with Gasteiger partial charge in [-0.05, 0) is 31.0 Å². The molecule has 0 saturated carbocycles. The number of ether oxygens (including phenoxy) is 1. The number of amides is 1. The number of halogens is 5. The monoisotopic (exact) mass is 455 g/mol. The van der Waals surface area contributed by atoms with E-state index >= 15 is 0 Å². The van der Waals surface area contributed by atoms with E-state index in [2.05, 4.69) is 10.4 Å². The molecule has 0 fully saturated rings. The smallest absolute Gasteiger partial charge is 0.251 e. The number of nitrogens with one attached hydrogen (secondary N) is 1. The first-order valence-corrected chi connectivity index (χ1v) is 9.66. The Bertz CT molecular complexity index is 1040. The number of hydrogen-bond donors (Lipinski definition) is 1. The molecule has 3 aromatic rings. The van der Waals surface area contributed by atoms with Crippen molar-refractivity contribution in [2.45, 2.75) is 26.5 Å². The van der Waals surface area contributed by atoms with Crippen molar-refractivity contribution in [3.63, 3.8) is 0 Å². The minimum absolute atomic E-state index is 0.107. The standard InChI is InChI=1S/C21H18ClF4N3O2/c1-12-15(22)10-29(28-12)8-2-7-27-21(30)14-5-3-13(4-6-14)11-31-20-18(25)16(23)9-17(24)19(20)26/h3-6,9-10H,2,7-8,11H2,1H3,(H,27,30). The summed E-state index contributed by atoms with van der Waals surface area (Å²) in [6.07, 6.45) is 2.37. The van der Waals surface area contributed by atoms with E-state index in [4.69, 9.17) is 16.3 Å². The number of carbonyl (C=O) groups excluding carboxylic acids is 1. The zero-order valence-corrected chi connectivity index (χ0v) is 17.1. The van der Waals surface area contributed by atoms with Gasteiger partial charge in [0.25, 0.3) is 5.91 Å². The molecule has 1 N–H and O–H groups in total. The SMILES string of the molecule is Cc1nn(CCCNC(=O)c2ccc(COc3c(F)c(F)cc(F)c3F)cc2)cc1Cl. The summed E-state index contributed by atoms with van der Waals surface area (Å²) in [6, 6.07) is 6.13. The molecule has 0 aliphatic carbocycles. The molecule has 1 heterocycles. The number of rotatable bonds is 8. The third-order valence-corrected chi connectivity index (χ3v) is 4.78. The van der Waals surface area contributed by atoms with Crippen molar-refractivity contribution in [2.75, 3.05) is 6.54 Å². The summed E-state index contributed by atoms with van der Waals surface area (Å²) in [6.45, 7) is 2.48. The Kier molecular flexibility index (Phi) is 7.17. The summed E-state index contributed by atoms with van der Waals surface area (Å²) in [5.41, 5.74) is 1.56. The zero-order valence-electron chi connectivity index (χ0n) is 16.4. The van der Waals surface area contributed by atoms with Gasteiger partial charge in [-0.2, -0.15) is 13.9 Å². The molecule has 0 aliphatic rings. The van der Waals surface area contributed by atoms with E-state index in [1.807, 2.05) is 0 Å². The van der Waals surface area contributed by atoms with Crippen molar-refractivity contribution in [1.29, 1.82) is 0 Å². The van der Waals surface area contributed by atoms with Crippen LogP contribution in [0.3, 0.4) is 0 Å². The second-order valence-corrected chi connectivity index (χ2v) is 7.13. The van der Waals surface area contributed by atoms with Crippen molar-refractivity contribution >= 4 is 17.5 Å². The second-order valence-electron chi connectivity index (χ2n) is 6.72. The number of hydrogen-bond acceptors (Lipinski definition) is 3. The lowest BCUT2D eigenvalue weighted by Crippen LogP contribution is -2.25. The van der Waals surface area contributed by atoms with Crippen molar-refractivity contribution in [2.24, 2.45) is 0 Å². The maximum Gasteiger partial charge on any atom is 0.251 e. The van der Waals surface area contributed by atoms with Crippen molar-refractivity contribution < 1.29 is 27.1 Å². The molecule has 0 unspecified atom stereocenters. The fourth-order valence-electron chi connectivity index (χ4n) is 2.74. The first-order valence-electron chi connectivity index (χ1n) is 9.28. The summed E-state index contributed by atoms with van der Waals surface area (Å²) in [5.74, 6) is -7.75. The highest BCUT2D eigenvalue weighted by Gasteiger charge is 2.20. The maximum atomic E-state index is 13.6. The zero-order chi connectivity index (χ0) is 22.5. The third kappa shape index (κ3) is 5.55. The van der Waals surface area contributed by atoms with Crippen LogP contribution < -0.4 is 10.1 Å². The van der Waals surface area contributed by atoms with Crippen LogP contribution in [0, 0.1) is 30.2 Å². The van der Waals surface area contributed by atoms with Gasteiger partial charge in [-0.15, -0.1) is 0 Å². The van der Waals surface area contributed by atoms with Gasteiger partial charge in [0.2, 0.25) is 11.6 Å². The molecule has 31 heavy (non-hydrogen) atoms. The molecular formula is C21H18ClF4N3O2. The number of nitrogens with zero attached hydrogens (tertiary/aromatic N) is 2. The molecule has 1 amide bonds. The van der Waals surface area contributed by atoms with Gasteiger partial charge in [-0.25, -0.2) is 8.78 Å². The molecular weight excluding hydrogens is 438 g/mol. The molecule has 0 aliphatic heterocycles. The van der Waals surface area contributed by atoms with E-state index < -0.39 is 29.0 Å². The minimum Gasteiger partial charge on any atom is -0.483 e. The molecule has 0 radical (unpaired) electrons. The van der Waals surface area contributed by atoms with Gasteiger partial charge >= 0.3 is 0 Å². The highest BCUT2D eigenvalue weighted by molar-refractivity contribution is 6.31. The Labute approximate surface area is 180 Å². The fourth-order valence-corrected chi connectivity index (χ4v) is 2.89. The van der Waals surface area contributed by atoms with Gasteiger partial charge in [-0.3, -0.25) is 9.48 Å². The topological polar surface area (TPSA) is 56.2 Å². The van der Waals surface area contributed by atoms with Crippen molar-refractivity contribution in [3.8, 4) is 5.75 Å². The summed E-state index contributed by atoms with van der Waals surface area (Å²) in [4.78, 5) is 12.2. The average Bonchev–Trinajstić information content (AvgIpc) is 3.07. The lowest BCUT2D eigenvalue weighted by Gasteiger charge is -2.10. The van der Waals surface area contributed by atoms with Gasteiger partial charge in [0, 0.05) is 30.9 Å². The molecule has 3 rings (SSSR count). The van der Waals surface area contributed by atoms with Crippen LogP contribution in [-0.2, 0) is 13.2 Å². The fraction of sp³-hybridized carbons (Fsp3) is 0.238. The molecule has 0 atom stereocenters. The molecule has 10 heteroatoms. The predicted octanol–water partition coefficient (Wildman–Crippen LogP) is 4.80. The summed E-state index contributed by atoms with van der Waals surface area (Å²) < 4.78 is 60.3. The van der Waals surface area contributed by atoms with Gasteiger partial charge < -0.3 is 10.1 Å². The first kappa shape index (κ1) is 22.6. The van der Waals surface area contributed by atoms with Crippen molar-refractivity contribution in [1.82, 2.24) is 15.1 Å². The summed E-state index contributed by atoms with van der Waals surface area (Å²) in [5, 5.41) is 7.58. The van der Waals surface area contributed by atoms with E-state index in [1.165, 1.54) is 24.3 Å². The Morgan fingerprint density at radius 3 is 2.35 bits per heavy atom. The minimum atomic E-state index is -1.61. The van der Waals surface area contributed by atoms with Crippen LogP contribution in [-0.4, -0.2) is 22.2 Å². The Morgan fingerprint density at radius 1 is 1.13 bits per heavy atom. The molecule has 1 aromatic heterocycles. The predicted molar refractivity (Wildman–Crippen MR) is 106 cm³/mol. The first-order chi connectivity index (χ1) is 14.8. The molecule has 0 saturated heterocycles. The molecule has 0 spiro atoms. The normalized spacial score (nSPS) is 10.9. The van der Waals surface area contributed by atoms with Gasteiger partial charge in [-0.1, -0.05) is 23.7 Å². The third-order valence-electron chi connectivity index (χ3n) is 4.41. The quantitative estimate of drug-likeness (QED) is 0.301. The lowest BCUT2D eigenvalue weighted by molar-refractivity contribution is 0.0952. The van der Waals surface area contributed by atoms with E-state index in [0.717, 1.165) is 5.69 Å². The molecule has 2 aromatic carbocycles. The maximum absolute atomic E-state index is 13.6. The average molecular weight is 456 g/mol. The highest BCUT2D eigenvalue weighted by Crippen LogP contribution is 2.27. The Morgan fingerprint density at radius 2 is 1.77 bits per heavy atom. The molecule has 5 nitrogen and oxygen atoms in total. The summed E-state index contributed by atoms with van der Waals surface area (Å²) >= 11 is 5.94. The number of carbonyl (C=O) groups is 1. The van der Waals surface area contributed by atoms with Crippen LogP contribution in [0.5, 0.6) is 5.75 Å². The molecule has 0 bridgehead atoms. The van der Waals surface area contributed by atoms with Crippen LogP contribution >= 0.6 is 11.6 Å². The van der Waals surface area contributed by atoms with Crippen LogP contribution in [0.15, 0.2) is 36.5 Å². The Hall–Kier alpha value is -3.07. The van der Waals surface area contributed by atoms with Gasteiger partial charge in [0.15, 0.2) is 17.4 Å².